The van der Waals surface area contributed by atoms with E-state index < -0.39 is 8.32 Å². The molecule has 0 radical (unpaired) electrons. The summed E-state index contributed by atoms with van der Waals surface area (Å²) < 4.78 is 6.00. The zero-order chi connectivity index (χ0) is 12.1. The maximum absolute atomic E-state index is 6.71. The van der Waals surface area contributed by atoms with Crippen LogP contribution in [-0.4, -0.2) is 8.32 Å². The van der Waals surface area contributed by atoms with E-state index in [4.69, 9.17) is 11.0 Å². The van der Waals surface area contributed by atoms with Crippen molar-refractivity contribution in [3.63, 3.8) is 0 Å². The molecule has 0 aliphatic rings. The number of hydrogen-bond donors (Lipinski definition) is 0. The van der Waals surface area contributed by atoms with Crippen molar-refractivity contribution in [3.8, 4) is 0 Å². The molecule has 0 unspecified atom stereocenters. The van der Waals surface area contributed by atoms with Gasteiger partial charge in [-0.2, -0.15) is 0 Å². The fourth-order valence-electron chi connectivity index (χ4n) is 2.59. The summed E-state index contributed by atoms with van der Waals surface area (Å²) in [6.45, 7) is 20.1. The van der Waals surface area contributed by atoms with Crippen molar-refractivity contribution in [3.05, 3.63) is 23.9 Å². The number of rotatable bonds is 5. The molecule has 0 atom stereocenters. The molecule has 2 nitrogen and oxygen atoms in total. The van der Waals surface area contributed by atoms with Crippen molar-refractivity contribution in [1.82, 2.24) is 0 Å². The molecular weight excluding hydrogens is 202 g/mol. The molecule has 0 saturated heterocycles. The van der Waals surface area contributed by atoms with Crippen LogP contribution in [0.15, 0.2) is 12.5 Å². The van der Waals surface area contributed by atoms with Crippen molar-refractivity contribution in [2.75, 3.05) is 0 Å². The molecule has 86 valence electrons. The predicted octanol–water partition coefficient (Wildman–Crippen LogP) is 4.57. The normalized spacial score (nSPS) is 12.8. The van der Waals surface area contributed by atoms with Crippen molar-refractivity contribution >= 4 is 8.32 Å². The first kappa shape index (κ1) is 14.2. The first-order valence-corrected chi connectivity index (χ1v) is 7.73. The molecule has 0 bridgehead atoms. The van der Waals surface area contributed by atoms with Crippen LogP contribution in [0.2, 0.25) is 16.6 Å². The Morgan fingerprint density at radius 2 is 1.40 bits per heavy atom. The minimum Gasteiger partial charge on any atom is -0.557 e. The van der Waals surface area contributed by atoms with Gasteiger partial charge in [0.2, 0.25) is 0 Å². The molecule has 0 aromatic rings. The second-order valence-electron chi connectivity index (χ2n) is 4.85. The van der Waals surface area contributed by atoms with Gasteiger partial charge in [-0.1, -0.05) is 41.5 Å². The zero-order valence-corrected chi connectivity index (χ0v) is 11.7. The molecule has 0 aromatic carbocycles. The topological polar surface area (TPSA) is 13.6 Å². The van der Waals surface area contributed by atoms with Crippen LogP contribution < -0.4 is 0 Å². The van der Waals surface area contributed by atoms with Crippen LogP contribution >= 0.6 is 0 Å². The van der Waals surface area contributed by atoms with Crippen molar-refractivity contribution < 1.29 is 4.43 Å². The Kier molecular flexibility index (Phi) is 5.67. The van der Waals surface area contributed by atoms with Crippen LogP contribution in [-0.2, 0) is 4.43 Å². The highest BCUT2D eigenvalue weighted by molar-refractivity contribution is 6.77. The highest BCUT2D eigenvalue weighted by Gasteiger charge is 2.45. The van der Waals surface area contributed by atoms with E-state index in [0.717, 1.165) is 0 Å². The summed E-state index contributed by atoms with van der Waals surface area (Å²) >= 11 is 0. The Hall–Kier alpha value is -0.753. The maximum atomic E-state index is 6.71. The van der Waals surface area contributed by atoms with Crippen LogP contribution in [0.1, 0.15) is 41.5 Å². The van der Waals surface area contributed by atoms with Gasteiger partial charge in [0.1, 0.15) is 0 Å². The number of nitrogens with zero attached hydrogens (tertiary/aromatic N) is 1. The minimum absolute atomic E-state index is 0.563. The van der Waals surface area contributed by atoms with Gasteiger partial charge < -0.3 is 4.43 Å². The summed E-state index contributed by atoms with van der Waals surface area (Å²) in [5.41, 5.74) is 1.69. The highest BCUT2D eigenvalue weighted by Crippen LogP contribution is 2.42. The molecule has 0 N–H and O–H groups in total. The van der Waals surface area contributed by atoms with Gasteiger partial charge in [-0.3, -0.25) is 0 Å². The van der Waals surface area contributed by atoms with E-state index in [1.54, 1.807) is 6.26 Å². The summed E-state index contributed by atoms with van der Waals surface area (Å²) in [4.78, 5) is 3.18. The quantitative estimate of drug-likeness (QED) is 0.380. The van der Waals surface area contributed by atoms with E-state index in [2.05, 4.69) is 46.4 Å². The summed E-state index contributed by atoms with van der Waals surface area (Å²) in [5, 5.41) is 0. The first-order valence-electron chi connectivity index (χ1n) is 5.59. The van der Waals surface area contributed by atoms with Crippen molar-refractivity contribution in [1.29, 1.82) is 0 Å². The van der Waals surface area contributed by atoms with Crippen molar-refractivity contribution in [2.24, 2.45) is 0 Å². The van der Waals surface area contributed by atoms with E-state index in [9.17, 15) is 0 Å². The number of hydrogen-bond acceptors (Lipinski definition) is 1. The van der Waals surface area contributed by atoms with Crippen LogP contribution in [0.25, 0.3) is 4.85 Å². The molecule has 0 saturated carbocycles. The highest BCUT2D eigenvalue weighted by atomic mass is 28.4. The molecule has 0 spiro atoms. The second-order valence-corrected chi connectivity index (χ2v) is 10.3. The Labute approximate surface area is 95.3 Å². The minimum atomic E-state index is -1.79. The van der Waals surface area contributed by atoms with Crippen LogP contribution in [0.5, 0.6) is 0 Å². The molecule has 0 amide bonds. The molecule has 0 aliphatic heterocycles. The molecule has 0 heterocycles. The average Bonchev–Trinajstić information content (AvgIpc) is 2.10. The first-order chi connectivity index (χ1) is 6.89. The van der Waals surface area contributed by atoms with Gasteiger partial charge in [0.05, 0.1) is 12.8 Å². The molecule has 3 heteroatoms. The van der Waals surface area contributed by atoms with Crippen LogP contribution in [0.3, 0.4) is 0 Å². The second kappa shape index (κ2) is 5.97. The monoisotopic (exact) mass is 225 g/mol. The van der Waals surface area contributed by atoms with E-state index in [-0.39, 0.29) is 0 Å². The summed E-state index contributed by atoms with van der Waals surface area (Å²) in [5.74, 6) is 0. The lowest BCUT2D eigenvalue weighted by Crippen LogP contribution is -2.46. The lowest BCUT2D eigenvalue weighted by atomic mass is 10.5. The van der Waals surface area contributed by atoms with Gasteiger partial charge in [0.25, 0.3) is 8.32 Å². The summed E-state index contributed by atoms with van der Waals surface area (Å²) in [7, 11) is -1.79. The third-order valence-electron chi connectivity index (χ3n) is 3.11. The summed E-state index contributed by atoms with van der Waals surface area (Å²) in [6, 6.07) is 0. The Bertz CT molecular complexity index is 229. The molecule has 0 rings (SSSR count). The Morgan fingerprint density at radius 1 is 1.00 bits per heavy atom. The van der Waals surface area contributed by atoms with E-state index in [1.165, 1.54) is 6.20 Å². The van der Waals surface area contributed by atoms with E-state index >= 15 is 0 Å². The molecular formula is C12H23NOSi. The predicted molar refractivity (Wildman–Crippen MR) is 67.9 cm³/mol. The van der Waals surface area contributed by atoms with Gasteiger partial charge in [0, 0.05) is 0 Å². The molecule has 0 aromatic heterocycles. The Balaban J connectivity index is 4.98. The van der Waals surface area contributed by atoms with Gasteiger partial charge >= 0.3 is 0 Å². The Morgan fingerprint density at radius 3 is 1.67 bits per heavy atom. The zero-order valence-electron chi connectivity index (χ0n) is 10.7. The average molecular weight is 225 g/mol. The standard InChI is InChI=1S/C12H23NOSi/c1-10(2)15(11(3)4,12(5)6)14-9-8-13-7/h8-12H,1-6H3/b9-8+. The lowest BCUT2D eigenvalue weighted by molar-refractivity contribution is 0.416. The molecule has 15 heavy (non-hydrogen) atoms. The van der Waals surface area contributed by atoms with Gasteiger partial charge in [0.15, 0.2) is 6.20 Å². The third-order valence-corrected chi connectivity index (χ3v) is 9.07. The van der Waals surface area contributed by atoms with Crippen molar-refractivity contribution in [2.45, 2.75) is 58.2 Å². The van der Waals surface area contributed by atoms with E-state index in [1.807, 2.05) is 0 Å². The maximum Gasteiger partial charge on any atom is 0.255 e. The largest absolute Gasteiger partial charge is 0.557 e. The van der Waals surface area contributed by atoms with Crippen LogP contribution in [0.4, 0.5) is 0 Å². The fourth-order valence-corrected chi connectivity index (χ4v) is 7.70. The molecule has 0 aliphatic carbocycles. The van der Waals surface area contributed by atoms with Crippen LogP contribution in [0, 0.1) is 6.57 Å². The fraction of sp³-hybridized carbons (Fsp3) is 0.750. The van der Waals surface area contributed by atoms with Gasteiger partial charge in [-0.25, -0.2) is 4.85 Å². The van der Waals surface area contributed by atoms with E-state index in [0.29, 0.717) is 16.6 Å². The smallest absolute Gasteiger partial charge is 0.255 e. The van der Waals surface area contributed by atoms with Gasteiger partial charge in [-0.05, 0) is 16.6 Å². The summed E-state index contributed by atoms with van der Waals surface area (Å²) in [6.07, 6.45) is 3.01. The lowest BCUT2D eigenvalue weighted by Gasteiger charge is -2.41. The van der Waals surface area contributed by atoms with Gasteiger partial charge in [-0.15, -0.1) is 0 Å². The third kappa shape index (κ3) is 3.10. The molecule has 0 fully saturated rings. The SMILES string of the molecule is [C-]#[N+]/C=C/O[Si](C(C)C)(C(C)C)C(C)C.